The Morgan fingerprint density at radius 2 is 1.07 bits per heavy atom. The fourth-order valence-electron chi connectivity index (χ4n) is 2.32. The molecule has 0 saturated carbocycles. The number of halogens is 2. The molecule has 0 unspecified atom stereocenters. The summed E-state index contributed by atoms with van der Waals surface area (Å²) >= 11 is -3.48. The number of hydrogen-bond donors (Lipinski definition) is 0. The molecule has 0 heterocycles. The number of esters is 2. The molecule has 0 aromatic heterocycles. The van der Waals surface area contributed by atoms with Gasteiger partial charge in [-0.15, -0.1) is 0 Å². The second kappa shape index (κ2) is 11.6. The fraction of sp³-hybridized carbons (Fsp3) is 0.300. The molecular formula is C20H22Cl2O4Sn. The van der Waals surface area contributed by atoms with Crippen LogP contribution in [0.3, 0.4) is 0 Å². The number of carbonyl (C=O) groups excluding carboxylic acids is 2. The molecule has 0 aliphatic heterocycles. The summed E-state index contributed by atoms with van der Waals surface area (Å²) in [6.07, 6.45) is 0.351. The molecule has 0 N–H and O–H groups in total. The van der Waals surface area contributed by atoms with Crippen molar-refractivity contribution in [2.75, 3.05) is 0 Å². The van der Waals surface area contributed by atoms with Crippen LogP contribution < -0.4 is 0 Å². The first-order valence-electron chi connectivity index (χ1n) is 8.71. The molecule has 0 spiro atoms. The third-order valence-electron chi connectivity index (χ3n) is 3.88. The Kier molecular flexibility index (Phi) is 9.45. The maximum atomic E-state index is 11.9. The van der Waals surface area contributed by atoms with Crippen LogP contribution in [0.1, 0.15) is 24.0 Å². The number of hydrogen-bond acceptors (Lipinski definition) is 4. The van der Waals surface area contributed by atoms with Gasteiger partial charge in [-0.1, -0.05) is 0 Å². The first-order chi connectivity index (χ1) is 12.9. The number of benzene rings is 2. The van der Waals surface area contributed by atoms with Crippen molar-refractivity contribution in [3.63, 3.8) is 0 Å². The summed E-state index contributed by atoms with van der Waals surface area (Å²) in [4.78, 5) is 23.7. The van der Waals surface area contributed by atoms with Crippen LogP contribution in [0.2, 0.25) is 8.87 Å². The molecule has 7 heteroatoms. The van der Waals surface area contributed by atoms with Crippen molar-refractivity contribution in [3.05, 3.63) is 71.8 Å². The molecule has 0 fully saturated rings. The summed E-state index contributed by atoms with van der Waals surface area (Å²) in [6.45, 7) is 0.469. The summed E-state index contributed by atoms with van der Waals surface area (Å²) in [5, 5.41) is 0. The Morgan fingerprint density at radius 3 is 1.44 bits per heavy atom. The summed E-state index contributed by atoms with van der Waals surface area (Å²) in [5.41, 5.74) is 1.86. The van der Waals surface area contributed by atoms with Crippen LogP contribution in [0.15, 0.2) is 60.7 Å². The van der Waals surface area contributed by atoms with Gasteiger partial charge >= 0.3 is 172 Å². The van der Waals surface area contributed by atoms with E-state index in [1.54, 1.807) is 0 Å². The minimum absolute atomic E-state index is 0.176. The van der Waals surface area contributed by atoms with Gasteiger partial charge in [-0.05, 0) is 0 Å². The molecule has 0 aliphatic rings. The van der Waals surface area contributed by atoms with Crippen molar-refractivity contribution in [1.29, 1.82) is 0 Å². The van der Waals surface area contributed by atoms with Crippen molar-refractivity contribution in [2.24, 2.45) is 0 Å². The normalized spacial score (nSPS) is 11.0. The number of rotatable bonds is 10. The van der Waals surface area contributed by atoms with Gasteiger partial charge in [0, 0.05) is 0 Å². The van der Waals surface area contributed by atoms with E-state index in [9.17, 15) is 9.59 Å². The summed E-state index contributed by atoms with van der Waals surface area (Å²) in [6, 6.07) is 18.9. The van der Waals surface area contributed by atoms with Gasteiger partial charge in [-0.2, -0.15) is 0 Å². The predicted molar refractivity (Wildman–Crippen MR) is 109 cm³/mol. The molecule has 2 aromatic rings. The topological polar surface area (TPSA) is 52.6 Å². The molecule has 0 bridgehead atoms. The predicted octanol–water partition coefficient (Wildman–Crippen LogP) is 5.17. The molecule has 0 atom stereocenters. The number of carbonyl (C=O) groups is 2. The quantitative estimate of drug-likeness (QED) is 0.323. The van der Waals surface area contributed by atoms with Gasteiger partial charge < -0.3 is 0 Å². The zero-order valence-corrected chi connectivity index (χ0v) is 19.3. The summed E-state index contributed by atoms with van der Waals surface area (Å²) in [5.74, 6) is -0.652. The molecule has 0 amide bonds. The first-order valence-corrected chi connectivity index (χ1v) is 20.0. The fourth-order valence-corrected chi connectivity index (χ4v) is 8.82. The van der Waals surface area contributed by atoms with E-state index < -0.39 is 16.1 Å². The second-order valence-electron chi connectivity index (χ2n) is 6.15. The van der Waals surface area contributed by atoms with E-state index in [1.807, 2.05) is 60.7 Å². The molecule has 0 radical (unpaired) electrons. The van der Waals surface area contributed by atoms with Crippen molar-refractivity contribution in [3.8, 4) is 0 Å². The molecule has 2 rings (SSSR count). The van der Waals surface area contributed by atoms with E-state index in [4.69, 9.17) is 27.3 Å². The van der Waals surface area contributed by atoms with Gasteiger partial charge in [0.15, 0.2) is 0 Å². The summed E-state index contributed by atoms with van der Waals surface area (Å²) in [7, 11) is 12.8. The Hall–Kier alpha value is -1.24. The van der Waals surface area contributed by atoms with E-state index in [0.717, 1.165) is 11.1 Å². The van der Waals surface area contributed by atoms with Crippen LogP contribution in [0.4, 0.5) is 0 Å². The molecule has 2 aromatic carbocycles. The number of ether oxygens (including phenoxy) is 2. The molecule has 27 heavy (non-hydrogen) atoms. The molecule has 0 aliphatic carbocycles. The van der Waals surface area contributed by atoms with Gasteiger partial charge in [0.05, 0.1) is 0 Å². The van der Waals surface area contributed by atoms with Crippen molar-refractivity contribution < 1.29 is 19.1 Å². The molecule has 0 saturated heterocycles. The zero-order chi connectivity index (χ0) is 19.5. The average molecular weight is 516 g/mol. The Balaban J connectivity index is 1.63. The SMILES string of the molecule is O=C(C[CH2][Sn]([Cl])([Cl])[CH2]CC(=O)OCc1ccccc1)OCc1ccccc1. The summed E-state index contributed by atoms with van der Waals surface area (Å²) < 4.78 is 11.3. The van der Waals surface area contributed by atoms with Crippen LogP contribution >= 0.6 is 17.8 Å². The van der Waals surface area contributed by atoms with Gasteiger partial charge in [0.25, 0.3) is 0 Å². The monoisotopic (exact) mass is 516 g/mol. The van der Waals surface area contributed by atoms with E-state index in [-0.39, 0.29) is 38.0 Å². The standard InChI is InChI=1S/2C10H11O2.2ClH.Sn/c2*1-2-10(11)12-8-9-6-4-3-5-7-9;;;/h2*3-7H,1-2,8H2;2*1H;/q;;;;+2/p-2. The van der Waals surface area contributed by atoms with Crippen LogP contribution in [-0.2, 0) is 32.3 Å². The minimum atomic E-state index is -3.48. The zero-order valence-electron chi connectivity index (χ0n) is 14.9. The van der Waals surface area contributed by atoms with Crippen LogP contribution in [0, 0.1) is 0 Å². The molecule has 144 valence electrons. The van der Waals surface area contributed by atoms with Gasteiger partial charge in [-0.25, -0.2) is 0 Å². The van der Waals surface area contributed by atoms with Crippen LogP contribution in [0.25, 0.3) is 0 Å². The van der Waals surface area contributed by atoms with E-state index >= 15 is 0 Å². The first kappa shape index (κ1) is 22.1. The third kappa shape index (κ3) is 9.49. The van der Waals surface area contributed by atoms with Crippen molar-refractivity contribution in [1.82, 2.24) is 0 Å². The van der Waals surface area contributed by atoms with Crippen LogP contribution in [0.5, 0.6) is 0 Å². The van der Waals surface area contributed by atoms with E-state index in [0.29, 0.717) is 8.87 Å². The van der Waals surface area contributed by atoms with Gasteiger partial charge in [0.1, 0.15) is 0 Å². The molecule has 4 nitrogen and oxygen atoms in total. The van der Waals surface area contributed by atoms with Gasteiger partial charge in [-0.3, -0.25) is 0 Å². The maximum absolute atomic E-state index is 11.9. The van der Waals surface area contributed by atoms with Crippen molar-refractivity contribution in [2.45, 2.75) is 34.9 Å². The Labute approximate surface area is 171 Å². The van der Waals surface area contributed by atoms with Crippen LogP contribution in [-0.4, -0.2) is 28.1 Å². The Bertz CT molecular complexity index is 662. The average Bonchev–Trinajstić information content (AvgIpc) is 2.69. The molecular weight excluding hydrogens is 494 g/mol. The van der Waals surface area contributed by atoms with Crippen molar-refractivity contribution >= 4 is 45.9 Å². The third-order valence-corrected chi connectivity index (χ3v) is 14.5. The van der Waals surface area contributed by atoms with E-state index in [1.165, 1.54) is 0 Å². The Morgan fingerprint density at radius 1 is 0.704 bits per heavy atom. The van der Waals surface area contributed by atoms with Gasteiger partial charge in [0.2, 0.25) is 0 Å². The van der Waals surface area contributed by atoms with E-state index in [2.05, 4.69) is 0 Å². The second-order valence-corrected chi connectivity index (χ2v) is 24.9.